The fourth-order valence-electron chi connectivity index (χ4n) is 4.09. The summed E-state index contributed by atoms with van der Waals surface area (Å²) in [5.41, 5.74) is 7.26. The van der Waals surface area contributed by atoms with Crippen molar-refractivity contribution in [2.45, 2.75) is 98.2 Å². The van der Waals surface area contributed by atoms with Gasteiger partial charge in [0.25, 0.3) is 0 Å². The minimum absolute atomic E-state index is 0.784. The zero-order valence-corrected chi connectivity index (χ0v) is 21.5. The van der Waals surface area contributed by atoms with Crippen molar-refractivity contribution in [3.05, 3.63) is 88.8 Å². The summed E-state index contributed by atoms with van der Waals surface area (Å²) < 4.78 is 0. The molecule has 0 aliphatic carbocycles. The molecule has 0 spiro atoms. The summed E-state index contributed by atoms with van der Waals surface area (Å²) in [5.74, 6) is 0. The molecule has 0 saturated carbocycles. The Morgan fingerprint density at radius 2 is 0.824 bits per heavy atom. The van der Waals surface area contributed by atoms with Gasteiger partial charge in [-0.25, -0.2) is 0 Å². The van der Waals surface area contributed by atoms with Crippen molar-refractivity contribution in [2.75, 3.05) is 0 Å². The minimum Gasteiger partial charge on any atom is -0.286 e. The molecule has 3 rings (SSSR count). The predicted octanol–water partition coefficient (Wildman–Crippen LogP) is 7.10. The molecule has 3 aromatic rings. The fraction of sp³-hybridized carbons (Fsp3) is 0.500. The van der Waals surface area contributed by atoms with E-state index >= 15 is 0 Å². The number of hydrogen-bond acceptors (Lipinski definition) is 4. The van der Waals surface area contributed by atoms with E-state index in [1.165, 1.54) is 55.2 Å². The Bertz CT molecular complexity index is 806. The van der Waals surface area contributed by atoms with E-state index < -0.39 is 0 Å². The molecule has 0 unspecified atom stereocenters. The first kappa shape index (κ1) is 26.0. The number of aryl methyl sites for hydroxylation is 3. The van der Waals surface area contributed by atoms with Gasteiger partial charge in [-0.3, -0.25) is 19.9 Å². The van der Waals surface area contributed by atoms with E-state index in [2.05, 4.69) is 62.1 Å². The molecule has 0 bridgehead atoms. The van der Waals surface area contributed by atoms with Crippen LogP contribution < -0.4 is 0 Å². The van der Waals surface area contributed by atoms with Gasteiger partial charge in [-0.1, -0.05) is 58.2 Å². The van der Waals surface area contributed by atoms with Gasteiger partial charge < -0.3 is 0 Å². The molecule has 34 heavy (non-hydrogen) atoms. The van der Waals surface area contributed by atoms with Crippen LogP contribution >= 0.6 is 0 Å². The summed E-state index contributed by atoms with van der Waals surface area (Å²) >= 11 is 0. The second-order valence-electron chi connectivity index (χ2n) is 9.43. The highest BCUT2D eigenvalue weighted by Gasteiger charge is 2.12. The van der Waals surface area contributed by atoms with E-state index in [0.717, 1.165) is 56.0 Å². The molecule has 3 heterocycles. The summed E-state index contributed by atoms with van der Waals surface area (Å²) in [4.78, 5) is 16.7. The van der Waals surface area contributed by atoms with Crippen LogP contribution in [-0.4, -0.2) is 19.9 Å². The van der Waals surface area contributed by atoms with Crippen molar-refractivity contribution in [3.8, 4) is 0 Å². The van der Waals surface area contributed by atoms with Crippen LogP contribution in [0.1, 0.15) is 93.1 Å². The van der Waals surface area contributed by atoms with E-state index in [9.17, 15) is 0 Å². The lowest BCUT2D eigenvalue weighted by atomic mass is 10.1. The Morgan fingerprint density at radius 1 is 0.500 bits per heavy atom. The minimum atomic E-state index is 0.784. The number of aromatic nitrogens is 3. The molecule has 0 fully saturated rings. The third kappa shape index (κ3) is 8.98. The van der Waals surface area contributed by atoms with Gasteiger partial charge >= 0.3 is 0 Å². The van der Waals surface area contributed by atoms with Gasteiger partial charge in [0, 0.05) is 38.2 Å². The molecule has 3 aromatic heterocycles. The topological polar surface area (TPSA) is 41.9 Å². The fourth-order valence-corrected chi connectivity index (χ4v) is 4.09. The van der Waals surface area contributed by atoms with Gasteiger partial charge in [0.2, 0.25) is 0 Å². The van der Waals surface area contributed by atoms with Crippen molar-refractivity contribution in [1.82, 2.24) is 19.9 Å². The molecule has 0 aromatic carbocycles. The summed E-state index contributed by atoms with van der Waals surface area (Å²) in [5, 5.41) is 0. The summed E-state index contributed by atoms with van der Waals surface area (Å²) in [6, 6.07) is 13.2. The van der Waals surface area contributed by atoms with E-state index in [4.69, 9.17) is 15.0 Å². The predicted molar refractivity (Wildman–Crippen MR) is 141 cm³/mol. The zero-order valence-electron chi connectivity index (χ0n) is 21.5. The van der Waals surface area contributed by atoms with Crippen LogP contribution in [0, 0.1) is 0 Å². The summed E-state index contributed by atoms with van der Waals surface area (Å²) in [6.07, 6.45) is 16.7. The van der Waals surface area contributed by atoms with E-state index in [1.807, 2.05) is 18.6 Å². The Balaban J connectivity index is 1.69. The second kappa shape index (κ2) is 14.6. The molecular weight excluding hydrogens is 416 g/mol. The lowest BCUT2D eigenvalue weighted by Gasteiger charge is -2.22. The smallest absolute Gasteiger partial charge is 0.0544 e. The van der Waals surface area contributed by atoms with Crippen molar-refractivity contribution < 1.29 is 0 Å². The first-order chi connectivity index (χ1) is 16.7. The lowest BCUT2D eigenvalue weighted by molar-refractivity contribution is 0.238. The van der Waals surface area contributed by atoms with Crippen LogP contribution in [0.5, 0.6) is 0 Å². The number of rotatable bonds is 15. The summed E-state index contributed by atoms with van der Waals surface area (Å²) in [6.45, 7) is 9.04. The van der Waals surface area contributed by atoms with Crippen molar-refractivity contribution in [1.29, 1.82) is 0 Å². The molecule has 0 aliphatic rings. The highest BCUT2D eigenvalue weighted by Crippen LogP contribution is 2.14. The zero-order chi connectivity index (χ0) is 24.0. The molecule has 182 valence electrons. The van der Waals surface area contributed by atoms with Gasteiger partial charge in [0.1, 0.15) is 0 Å². The number of hydrogen-bond donors (Lipinski definition) is 0. The van der Waals surface area contributed by atoms with Gasteiger partial charge in [0.05, 0.1) is 17.1 Å². The molecular formula is C30H42N4. The van der Waals surface area contributed by atoms with Crippen LogP contribution in [0.3, 0.4) is 0 Å². The maximum atomic E-state index is 4.77. The molecule has 0 N–H and O–H groups in total. The van der Waals surface area contributed by atoms with Gasteiger partial charge in [-0.2, -0.15) is 0 Å². The van der Waals surface area contributed by atoms with E-state index in [-0.39, 0.29) is 0 Å². The Labute approximate surface area is 206 Å². The van der Waals surface area contributed by atoms with E-state index in [1.54, 1.807) is 0 Å². The molecule has 0 amide bonds. The number of pyridine rings is 3. The highest BCUT2D eigenvalue weighted by atomic mass is 15.1. The first-order valence-corrected chi connectivity index (χ1v) is 13.2. The van der Waals surface area contributed by atoms with Crippen LogP contribution in [-0.2, 0) is 38.9 Å². The van der Waals surface area contributed by atoms with Crippen molar-refractivity contribution in [3.63, 3.8) is 0 Å². The monoisotopic (exact) mass is 458 g/mol. The van der Waals surface area contributed by atoms with Crippen molar-refractivity contribution >= 4 is 0 Å². The third-order valence-corrected chi connectivity index (χ3v) is 6.27. The van der Waals surface area contributed by atoms with Gasteiger partial charge in [0.15, 0.2) is 0 Å². The lowest BCUT2D eigenvalue weighted by Crippen LogP contribution is -2.24. The standard InChI is InChI=1S/C30H42N4/c1-4-7-10-25-13-16-28(31-19-25)22-34(23-29-17-14-26(20-32-29)11-8-5-2)24-30-18-15-27(21-33-30)12-9-6-3/h13-21H,4-12,22-24H2,1-3H3. The molecule has 4 nitrogen and oxygen atoms in total. The Hall–Kier alpha value is -2.59. The van der Waals surface area contributed by atoms with Gasteiger partial charge in [-0.05, 0) is 73.4 Å². The largest absolute Gasteiger partial charge is 0.286 e. The maximum Gasteiger partial charge on any atom is 0.0544 e. The quantitative estimate of drug-likeness (QED) is 0.243. The van der Waals surface area contributed by atoms with Crippen LogP contribution in [0.4, 0.5) is 0 Å². The number of nitrogens with zero attached hydrogens (tertiary/aromatic N) is 4. The normalized spacial score (nSPS) is 11.3. The first-order valence-electron chi connectivity index (χ1n) is 13.2. The molecule has 0 saturated heterocycles. The van der Waals surface area contributed by atoms with E-state index in [0.29, 0.717) is 0 Å². The SMILES string of the molecule is CCCCc1ccc(CN(Cc2ccc(CCCC)cn2)Cc2ccc(CCCC)cn2)nc1. The van der Waals surface area contributed by atoms with Crippen molar-refractivity contribution in [2.24, 2.45) is 0 Å². The average Bonchev–Trinajstić information content (AvgIpc) is 2.87. The highest BCUT2D eigenvalue weighted by molar-refractivity contribution is 5.18. The molecule has 0 atom stereocenters. The second-order valence-corrected chi connectivity index (χ2v) is 9.43. The Morgan fingerprint density at radius 3 is 1.06 bits per heavy atom. The maximum absolute atomic E-state index is 4.77. The molecule has 0 aliphatic heterocycles. The Kier molecular flexibility index (Phi) is 11.2. The van der Waals surface area contributed by atoms with Crippen LogP contribution in [0.2, 0.25) is 0 Å². The number of unbranched alkanes of at least 4 members (excludes halogenated alkanes) is 3. The average molecular weight is 459 g/mol. The summed E-state index contributed by atoms with van der Waals surface area (Å²) in [7, 11) is 0. The van der Waals surface area contributed by atoms with Gasteiger partial charge in [-0.15, -0.1) is 0 Å². The third-order valence-electron chi connectivity index (χ3n) is 6.27. The molecule has 0 radical (unpaired) electrons. The van der Waals surface area contributed by atoms with Crippen LogP contribution in [0.15, 0.2) is 55.0 Å². The van der Waals surface area contributed by atoms with Crippen LogP contribution in [0.25, 0.3) is 0 Å². The molecule has 4 heteroatoms.